The van der Waals surface area contributed by atoms with Gasteiger partial charge in [-0.25, -0.2) is 8.42 Å². The van der Waals surface area contributed by atoms with Crippen LogP contribution >= 0.6 is 15.9 Å². The molecule has 0 bridgehead atoms. The van der Waals surface area contributed by atoms with Gasteiger partial charge < -0.3 is 10.2 Å². The molecule has 236 valence electrons. The van der Waals surface area contributed by atoms with Gasteiger partial charge in [-0.15, -0.1) is 0 Å². The van der Waals surface area contributed by atoms with Gasteiger partial charge in [0.25, 0.3) is 10.0 Å². The summed E-state index contributed by atoms with van der Waals surface area (Å²) in [4.78, 5) is 30.2. The largest absolute Gasteiger partial charge is 0.350 e. The Morgan fingerprint density at radius 3 is 2.07 bits per heavy atom. The quantitative estimate of drug-likeness (QED) is 0.187. The van der Waals surface area contributed by atoms with Crippen LogP contribution in [0, 0.1) is 13.8 Å². The molecule has 9 heteroatoms. The van der Waals surface area contributed by atoms with E-state index in [1.165, 1.54) is 4.90 Å². The third-order valence-electron chi connectivity index (χ3n) is 7.28. The number of carbonyl (C=O) groups is 2. The highest BCUT2D eigenvalue weighted by atomic mass is 79.9. The van der Waals surface area contributed by atoms with Crippen LogP contribution in [-0.4, -0.2) is 43.3 Å². The summed E-state index contributed by atoms with van der Waals surface area (Å²) in [7, 11) is -4.16. The number of aryl methyl sites for hydroxylation is 2. The number of nitrogens with one attached hydrogen (secondary N) is 1. The molecule has 0 aromatic heterocycles. The molecule has 0 saturated heterocycles. The van der Waals surface area contributed by atoms with Crippen molar-refractivity contribution in [2.75, 3.05) is 10.8 Å². The minimum absolute atomic E-state index is 0.0778. The Hall–Kier alpha value is -3.95. The molecular weight excluding hydrogens is 650 g/mol. The molecular formula is C36H40BrN3O4S. The molecule has 4 rings (SSSR count). The number of hydrogen-bond donors (Lipinski definition) is 1. The van der Waals surface area contributed by atoms with Crippen molar-refractivity contribution in [3.8, 4) is 0 Å². The van der Waals surface area contributed by atoms with Crippen molar-refractivity contribution in [2.24, 2.45) is 0 Å². The maximum atomic E-state index is 14.6. The number of sulfonamides is 1. The molecule has 7 nitrogen and oxygen atoms in total. The number of rotatable bonds is 11. The Labute approximate surface area is 275 Å². The number of para-hydroxylation sites is 1. The number of benzene rings is 4. The monoisotopic (exact) mass is 689 g/mol. The van der Waals surface area contributed by atoms with Crippen molar-refractivity contribution in [2.45, 2.75) is 64.1 Å². The molecule has 0 spiro atoms. The lowest BCUT2D eigenvalue weighted by atomic mass is 10.0. The van der Waals surface area contributed by atoms with Crippen LogP contribution in [0.1, 0.15) is 43.0 Å². The standard InChI is InChI=1S/C36H40BrN3O4S/c1-26-18-20-31(21-19-26)45(43,44)40(32-17-10-9-12-27(32)2)25-34(41)39(24-29-15-11-16-30(37)22-29)33(35(42)38-36(3,4)5)23-28-13-7-6-8-14-28/h6-22,33H,23-25H2,1-5H3,(H,38,42)/t33-/m1/s1. The SMILES string of the molecule is Cc1ccc(S(=O)(=O)N(CC(=O)N(Cc2cccc(Br)c2)[C@H](Cc2ccccc2)C(=O)NC(C)(C)C)c2ccccc2C)cc1. The number of nitrogens with zero attached hydrogens (tertiary/aromatic N) is 2. The van der Waals surface area contributed by atoms with Crippen molar-refractivity contribution in [3.63, 3.8) is 0 Å². The van der Waals surface area contributed by atoms with Crippen molar-refractivity contribution < 1.29 is 18.0 Å². The van der Waals surface area contributed by atoms with E-state index >= 15 is 0 Å². The van der Waals surface area contributed by atoms with Crippen LogP contribution in [0.15, 0.2) is 112 Å². The first-order valence-electron chi connectivity index (χ1n) is 14.8. The van der Waals surface area contributed by atoms with Crippen LogP contribution in [0.4, 0.5) is 5.69 Å². The van der Waals surface area contributed by atoms with Gasteiger partial charge in [-0.3, -0.25) is 13.9 Å². The maximum Gasteiger partial charge on any atom is 0.264 e. The average molecular weight is 691 g/mol. The fourth-order valence-corrected chi connectivity index (χ4v) is 6.96. The van der Waals surface area contributed by atoms with Gasteiger partial charge >= 0.3 is 0 Å². The topological polar surface area (TPSA) is 86.8 Å². The third kappa shape index (κ3) is 9.05. The number of halogens is 1. The molecule has 45 heavy (non-hydrogen) atoms. The van der Waals surface area contributed by atoms with Crippen LogP contribution in [0.3, 0.4) is 0 Å². The van der Waals surface area contributed by atoms with Crippen molar-refractivity contribution in [3.05, 3.63) is 130 Å². The molecule has 0 aliphatic heterocycles. The van der Waals surface area contributed by atoms with E-state index in [0.717, 1.165) is 25.5 Å². The number of amides is 2. The zero-order valence-corrected chi connectivity index (χ0v) is 28.7. The van der Waals surface area contributed by atoms with E-state index in [-0.39, 0.29) is 23.8 Å². The molecule has 0 heterocycles. The molecule has 1 N–H and O–H groups in total. The van der Waals surface area contributed by atoms with Crippen LogP contribution in [0.5, 0.6) is 0 Å². The molecule has 0 fully saturated rings. The summed E-state index contributed by atoms with van der Waals surface area (Å²) in [6, 6.07) is 29.8. The normalized spacial score (nSPS) is 12.3. The van der Waals surface area contributed by atoms with E-state index < -0.39 is 34.1 Å². The van der Waals surface area contributed by atoms with Gasteiger partial charge in [-0.05, 0) is 81.6 Å². The highest BCUT2D eigenvalue weighted by Crippen LogP contribution is 2.28. The third-order valence-corrected chi connectivity index (χ3v) is 9.55. The first kappa shape index (κ1) is 33.9. The lowest BCUT2D eigenvalue weighted by Crippen LogP contribution is -2.56. The first-order chi connectivity index (χ1) is 21.2. The molecule has 2 amide bonds. The minimum Gasteiger partial charge on any atom is -0.350 e. The Balaban J connectivity index is 1.83. The Morgan fingerprint density at radius 2 is 1.44 bits per heavy atom. The summed E-state index contributed by atoms with van der Waals surface area (Å²) in [5, 5.41) is 3.05. The lowest BCUT2D eigenvalue weighted by Gasteiger charge is -2.35. The molecule has 0 radical (unpaired) electrons. The molecule has 4 aromatic rings. The summed E-state index contributed by atoms with van der Waals surface area (Å²) >= 11 is 3.51. The van der Waals surface area contributed by atoms with Crippen LogP contribution in [0.2, 0.25) is 0 Å². The highest BCUT2D eigenvalue weighted by molar-refractivity contribution is 9.10. The highest BCUT2D eigenvalue weighted by Gasteiger charge is 2.36. The average Bonchev–Trinajstić information content (AvgIpc) is 2.98. The minimum atomic E-state index is -4.16. The smallest absolute Gasteiger partial charge is 0.264 e. The van der Waals surface area contributed by atoms with Crippen molar-refractivity contribution >= 4 is 43.5 Å². The van der Waals surface area contributed by atoms with Gasteiger partial charge in [0, 0.05) is 23.0 Å². The molecule has 4 aromatic carbocycles. The molecule has 0 aliphatic rings. The van der Waals surface area contributed by atoms with E-state index in [1.54, 1.807) is 36.4 Å². The lowest BCUT2D eigenvalue weighted by molar-refractivity contribution is -0.140. The first-order valence-corrected chi connectivity index (χ1v) is 17.0. The molecule has 0 unspecified atom stereocenters. The zero-order valence-electron chi connectivity index (χ0n) is 26.3. The van der Waals surface area contributed by atoms with E-state index in [1.807, 2.05) is 101 Å². The fraction of sp³-hybridized carbons (Fsp3) is 0.278. The summed E-state index contributed by atoms with van der Waals surface area (Å²) in [6.07, 6.45) is 0.248. The molecule has 1 atom stereocenters. The molecule has 0 aliphatic carbocycles. The van der Waals surface area contributed by atoms with E-state index in [9.17, 15) is 18.0 Å². The summed E-state index contributed by atoms with van der Waals surface area (Å²) < 4.78 is 30.4. The van der Waals surface area contributed by atoms with E-state index in [0.29, 0.717) is 11.3 Å². The van der Waals surface area contributed by atoms with Crippen molar-refractivity contribution in [1.82, 2.24) is 10.2 Å². The van der Waals surface area contributed by atoms with Crippen LogP contribution < -0.4 is 9.62 Å². The van der Waals surface area contributed by atoms with Crippen LogP contribution in [0.25, 0.3) is 0 Å². The van der Waals surface area contributed by atoms with E-state index in [4.69, 9.17) is 0 Å². The Morgan fingerprint density at radius 1 is 0.822 bits per heavy atom. The second-order valence-corrected chi connectivity index (χ2v) is 15.0. The van der Waals surface area contributed by atoms with Gasteiger partial charge in [-0.2, -0.15) is 0 Å². The fourth-order valence-electron chi connectivity index (χ4n) is 5.03. The van der Waals surface area contributed by atoms with Crippen LogP contribution in [-0.2, 0) is 32.6 Å². The predicted molar refractivity (Wildman–Crippen MR) is 183 cm³/mol. The van der Waals surface area contributed by atoms with Crippen molar-refractivity contribution in [1.29, 1.82) is 0 Å². The summed E-state index contributed by atoms with van der Waals surface area (Å²) in [5.41, 5.74) is 3.13. The number of carbonyl (C=O) groups excluding carboxylic acids is 2. The van der Waals surface area contributed by atoms with Gasteiger partial charge in [0.1, 0.15) is 12.6 Å². The summed E-state index contributed by atoms with van der Waals surface area (Å²) in [5.74, 6) is -0.822. The maximum absolute atomic E-state index is 14.6. The second kappa shape index (κ2) is 14.4. The predicted octanol–water partition coefficient (Wildman–Crippen LogP) is 6.82. The van der Waals surface area contributed by atoms with Gasteiger partial charge in [0.05, 0.1) is 10.6 Å². The van der Waals surface area contributed by atoms with Gasteiger partial charge in [0.15, 0.2) is 0 Å². The van der Waals surface area contributed by atoms with E-state index in [2.05, 4.69) is 21.2 Å². The van der Waals surface area contributed by atoms with Gasteiger partial charge in [-0.1, -0.05) is 94.3 Å². The van der Waals surface area contributed by atoms with Gasteiger partial charge in [0.2, 0.25) is 11.8 Å². The zero-order chi connectivity index (χ0) is 32.8. The second-order valence-electron chi connectivity index (χ2n) is 12.2. The Bertz CT molecular complexity index is 1740. The Kier molecular flexibility index (Phi) is 10.9. The number of hydrogen-bond acceptors (Lipinski definition) is 4. The summed E-state index contributed by atoms with van der Waals surface area (Å²) in [6.45, 7) is 8.96. The number of anilines is 1. The molecule has 0 saturated carbocycles.